The summed E-state index contributed by atoms with van der Waals surface area (Å²) in [5, 5.41) is 0. The highest BCUT2D eigenvalue weighted by Crippen LogP contribution is 2.45. The Morgan fingerprint density at radius 3 is 2.67 bits per heavy atom. The molecule has 0 saturated heterocycles. The van der Waals surface area contributed by atoms with E-state index in [-0.39, 0.29) is 0 Å². The Kier molecular flexibility index (Phi) is 1.28. The van der Waals surface area contributed by atoms with Crippen molar-refractivity contribution in [3.63, 3.8) is 0 Å². The van der Waals surface area contributed by atoms with Crippen molar-refractivity contribution in [3.05, 3.63) is 0 Å². The number of hydrogen-bond acceptors (Lipinski definition) is 0. The lowest BCUT2D eigenvalue weighted by molar-refractivity contribution is 0.335. The van der Waals surface area contributed by atoms with Gasteiger partial charge in [-0.1, -0.05) is 26.2 Å². The third-order valence-corrected chi connectivity index (χ3v) is 3.33. The highest BCUT2D eigenvalue weighted by Gasteiger charge is 2.33. The van der Waals surface area contributed by atoms with Crippen LogP contribution in [0.25, 0.3) is 0 Å². The zero-order chi connectivity index (χ0) is 6.27. The molecule has 2 fully saturated rings. The summed E-state index contributed by atoms with van der Waals surface area (Å²) in [7, 11) is 0. The fourth-order valence-corrected chi connectivity index (χ4v) is 2.78. The monoisotopic (exact) mass is 124 g/mol. The van der Waals surface area contributed by atoms with Crippen LogP contribution in [-0.2, 0) is 0 Å². The first kappa shape index (κ1) is 5.76. The minimum absolute atomic E-state index is 1.07. The Labute approximate surface area is 57.6 Å². The summed E-state index contributed by atoms with van der Waals surface area (Å²) >= 11 is 0. The summed E-state index contributed by atoms with van der Waals surface area (Å²) in [6, 6.07) is 0. The molecular formula is C9H16. The molecule has 0 heteroatoms. The van der Waals surface area contributed by atoms with Crippen molar-refractivity contribution in [3.8, 4) is 0 Å². The molecule has 2 aliphatic rings. The molecule has 0 spiro atoms. The molecule has 0 aromatic rings. The van der Waals surface area contributed by atoms with Gasteiger partial charge in [0.15, 0.2) is 0 Å². The lowest BCUT2D eigenvalue weighted by Gasteiger charge is -2.18. The molecule has 1 unspecified atom stereocenters. The van der Waals surface area contributed by atoms with Gasteiger partial charge in [-0.15, -0.1) is 0 Å². The molecule has 2 rings (SSSR count). The van der Waals surface area contributed by atoms with E-state index < -0.39 is 0 Å². The van der Waals surface area contributed by atoms with Gasteiger partial charge in [0.1, 0.15) is 0 Å². The predicted octanol–water partition coefficient (Wildman–Crippen LogP) is 2.83. The summed E-state index contributed by atoms with van der Waals surface area (Å²) in [4.78, 5) is 0. The maximum atomic E-state index is 2.44. The summed E-state index contributed by atoms with van der Waals surface area (Å²) < 4.78 is 0. The van der Waals surface area contributed by atoms with Gasteiger partial charge in [0.05, 0.1) is 0 Å². The maximum Gasteiger partial charge on any atom is -0.0386 e. The van der Waals surface area contributed by atoms with Crippen LogP contribution in [0.1, 0.15) is 39.0 Å². The second-order valence-corrected chi connectivity index (χ2v) is 4.01. The summed E-state index contributed by atoms with van der Waals surface area (Å²) in [5.41, 5.74) is 0. The van der Waals surface area contributed by atoms with E-state index in [0.717, 1.165) is 17.8 Å². The smallest absolute Gasteiger partial charge is 0.0386 e. The third-order valence-electron chi connectivity index (χ3n) is 3.33. The van der Waals surface area contributed by atoms with Gasteiger partial charge in [-0.3, -0.25) is 0 Å². The van der Waals surface area contributed by atoms with E-state index in [0.29, 0.717) is 0 Å². The molecule has 3 atom stereocenters. The normalized spacial score (nSPS) is 49.7. The molecule has 0 nitrogen and oxygen atoms in total. The van der Waals surface area contributed by atoms with Crippen molar-refractivity contribution in [2.75, 3.05) is 0 Å². The molecule has 0 radical (unpaired) electrons. The molecule has 9 heavy (non-hydrogen) atoms. The first-order chi connectivity index (χ1) is 4.36. The number of fused-ring (bicyclic) bond motifs is 2. The van der Waals surface area contributed by atoms with Crippen LogP contribution in [-0.4, -0.2) is 0 Å². The summed E-state index contributed by atoms with van der Waals surface area (Å²) in [6.45, 7) is 2.44. The van der Waals surface area contributed by atoms with E-state index >= 15 is 0 Å². The Balaban J connectivity index is 2.07. The average Bonchev–Trinajstić information content (AvgIpc) is 2.09. The molecule has 2 aliphatic carbocycles. The van der Waals surface area contributed by atoms with Gasteiger partial charge in [-0.05, 0) is 30.6 Å². The van der Waals surface area contributed by atoms with E-state index in [1.165, 1.54) is 12.8 Å². The van der Waals surface area contributed by atoms with Gasteiger partial charge in [0.2, 0.25) is 0 Å². The van der Waals surface area contributed by atoms with Crippen LogP contribution in [0.2, 0.25) is 0 Å². The van der Waals surface area contributed by atoms with Crippen LogP contribution in [0.15, 0.2) is 0 Å². The first-order valence-corrected chi connectivity index (χ1v) is 4.36. The molecule has 0 amide bonds. The molecule has 0 heterocycles. The van der Waals surface area contributed by atoms with Crippen LogP contribution in [0, 0.1) is 17.8 Å². The van der Waals surface area contributed by atoms with E-state index in [1.54, 1.807) is 19.3 Å². The van der Waals surface area contributed by atoms with Crippen LogP contribution >= 0.6 is 0 Å². The first-order valence-electron chi connectivity index (χ1n) is 4.36. The Hall–Kier alpha value is 0. The van der Waals surface area contributed by atoms with Gasteiger partial charge >= 0.3 is 0 Å². The largest absolute Gasteiger partial charge is 0.0622 e. The van der Waals surface area contributed by atoms with Crippen LogP contribution in [0.5, 0.6) is 0 Å². The third kappa shape index (κ3) is 0.889. The zero-order valence-corrected chi connectivity index (χ0v) is 6.27. The molecular weight excluding hydrogens is 108 g/mol. The van der Waals surface area contributed by atoms with Crippen molar-refractivity contribution >= 4 is 0 Å². The maximum absolute atomic E-state index is 2.44. The van der Waals surface area contributed by atoms with Crippen LogP contribution in [0.3, 0.4) is 0 Å². The predicted molar refractivity (Wildman–Crippen MR) is 39.2 cm³/mol. The summed E-state index contributed by atoms with van der Waals surface area (Å²) in [6.07, 6.45) is 7.73. The van der Waals surface area contributed by atoms with Gasteiger partial charge in [-0.2, -0.15) is 0 Å². The van der Waals surface area contributed by atoms with Crippen molar-refractivity contribution in [1.29, 1.82) is 0 Å². The fourth-order valence-electron chi connectivity index (χ4n) is 2.78. The average molecular weight is 124 g/mol. The highest BCUT2D eigenvalue weighted by molar-refractivity contribution is 4.84. The van der Waals surface area contributed by atoms with Crippen molar-refractivity contribution in [1.82, 2.24) is 0 Å². The lowest BCUT2D eigenvalue weighted by atomic mass is 9.88. The van der Waals surface area contributed by atoms with E-state index in [2.05, 4.69) is 6.92 Å². The van der Waals surface area contributed by atoms with Gasteiger partial charge in [0, 0.05) is 0 Å². The molecule has 0 aromatic carbocycles. The SMILES string of the molecule is C[C@@H]1C[C@@H]2CCCC1C2. The topological polar surface area (TPSA) is 0 Å². The van der Waals surface area contributed by atoms with Crippen LogP contribution in [0.4, 0.5) is 0 Å². The molecule has 52 valence electrons. The molecule has 0 aromatic heterocycles. The second kappa shape index (κ2) is 2.00. The van der Waals surface area contributed by atoms with E-state index in [4.69, 9.17) is 0 Å². The zero-order valence-electron chi connectivity index (χ0n) is 6.27. The van der Waals surface area contributed by atoms with E-state index in [1.807, 2.05) is 0 Å². The van der Waals surface area contributed by atoms with Crippen LogP contribution < -0.4 is 0 Å². The quantitative estimate of drug-likeness (QED) is 0.466. The van der Waals surface area contributed by atoms with Gasteiger partial charge in [0.25, 0.3) is 0 Å². The Morgan fingerprint density at radius 1 is 1.11 bits per heavy atom. The van der Waals surface area contributed by atoms with E-state index in [9.17, 15) is 0 Å². The van der Waals surface area contributed by atoms with Gasteiger partial charge in [-0.25, -0.2) is 0 Å². The summed E-state index contributed by atoms with van der Waals surface area (Å²) in [5.74, 6) is 3.33. The second-order valence-electron chi connectivity index (χ2n) is 4.01. The Morgan fingerprint density at radius 2 is 2.00 bits per heavy atom. The number of rotatable bonds is 0. The van der Waals surface area contributed by atoms with Crippen molar-refractivity contribution < 1.29 is 0 Å². The molecule has 0 N–H and O–H groups in total. The lowest BCUT2D eigenvalue weighted by Crippen LogP contribution is -2.06. The standard InChI is InChI=1S/C9H16/c1-7-5-8-3-2-4-9(7)6-8/h7-9H,2-6H2,1H3/t7-,8+,9?/m1/s1. The number of hydrogen-bond donors (Lipinski definition) is 0. The highest BCUT2D eigenvalue weighted by atomic mass is 14.4. The fraction of sp³-hybridized carbons (Fsp3) is 1.00. The minimum atomic E-state index is 1.07. The van der Waals surface area contributed by atoms with Gasteiger partial charge < -0.3 is 0 Å². The molecule has 0 aliphatic heterocycles. The Bertz CT molecular complexity index is 105. The molecule has 2 bridgehead atoms. The molecule has 2 saturated carbocycles. The van der Waals surface area contributed by atoms with Crippen molar-refractivity contribution in [2.24, 2.45) is 17.8 Å². The van der Waals surface area contributed by atoms with Crippen molar-refractivity contribution in [2.45, 2.75) is 39.0 Å². The minimum Gasteiger partial charge on any atom is -0.0622 e.